The molecule has 0 atom stereocenters. The number of hydrogen-bond acceptors (Lipinski definition) is 0. The van der Waals surface area contributed by atoms with Crippen LogP contribution < -0.4 is 5.30 Å². The summed E-state index contributed by atoms with van der Waals surface area (Å²) in [5, 5.41) is 1.70. The molecule has 1 aromatic rings. The molecule has 1 heteroatoms. The van der Waals surface area contributed by atoms with Gasteiger partial charge in [0.25, 0.3) is 0 Å². The summed E-state index contributed by atoms with van der Waals surface area (Å²) in [5.74, 6) is 0. The lowest BCUT2D eigenvalue weighted by Crippen LogP contribution is -2.11. The Balaban J connectivity index is 2.55. The van der Waals surface area contributed by atoms with Crippen LogP contribution in [-0.2, 0) is 0 Å². The number of unbranched alkanes of at least 4 members (excludes halogenated alkanes) is 8. The highest BCUT2D eigenvalue weighted by Crippen LogP contribution is 2.38. The molecule has 0 spiro atoms. The molecule has 1 rings (SSSR count). The van der Waals surface area contributed by atoms with Crippen molar-refractivity contribution < 1.29 is 0 Å². The Morgan fingerprint density at radius 2 is 1.22 bits per heavy atom. The number of benzene rings is 1. The van der Waals surface area contributed by atoms with Crippen LogP contribution >= 0.6 is 7.92 Å². The van der Waals surface area contributed by atoms with E-state index in [1.807, 2.05) is 0 Å². The fraction of sp³-hybridized carbons (Fsp3) is 0.727. The van der Waals surface area contributed by atoms with Crippen LogP contribution in [0.1, 0.15) is 89.2 Å². The van der Waals surface area contributed by atoms with Crippen molar-refractivity contribution in [2.75, 3.05) is 12.3 Å². The molecule has 0 amide bonds. The lowest BCUT2D eigenvalue weighted by Gasteiger charge is -2.21. The molecule has 0 saturated carbocycles. The first-order valence-electron chi connectivity index (χ1n) is 10.0. The van der Waals surface area contributed by atoms with E-state index in [0.717, 1.165) is 0 Å². The van der Waals surface area contributed by atoms with Gasteiger partial charge < -0.3 is 0 Å². The first-order chi connectivity index (χ1) is 11.2. The minimum absolute atomic E-state index is 0.0654. The van der Waals surface area contributed by atoms with Gasteiger partial charge >= 0.3 is 0 Å². The third kappa shape index (κ3) is 8.35. The molecular formula is C22H39P. The van der Waals surface area contributed by atoms with Gasteiger partial charge in [0, 0.05) is 0 Å². The zero-order chi connectivity index (χ0) is 16.9. The van der Waals surface area contributed by atoms with Gasteiger partial charge in [-0.25, -0.2) is 0 Å². The molecule has 0 nitrogen and oxygen atoms in total. The van der Waals surface area contributed by atoms with Gasteiger partial charge in [0.05, 0.1) is 0 Å². The van der Waals surface area contributed by atoms with Crippen molar-refractivity contribution in [1.29, 1.82) is 0 Å². The molecule has 1 aromatic carbocycles. The standard InChI is InChI=1S/C22H39P/c1-5-7-9-11-13-18-23(19-14-12-10-8-6-2)22-17-15-16-20(3)21(22)4/h15-17H,5-14,18-19H2,1-4H3. The first-order valence-corrected chi connectivity index (χ1v) is 11.7. The molecule has 0 fully saturated rings. The fourth-order valence-corrected chi connectivity index (χ4v) is 6.11. The van der Waals surface area contributed by atoms with E-state index in [9.17, 15) is 0 Å². The quantitative estimate of drug-likeness (QED) is 0.261. The summed E-state index contributed by atoms with van der Waals surface area (Å²) in [6.07, 6.45) is 17.1. The Morgan fingerprint density at radius 3 is 1.74 bits per heavy atom. The lowest BCUT2D eigenvalue weighted by molar-refractivity contribution is 0.653. The molecule has 0 aliphatic carbocycles. The largest absolute Gasteiger partial charge is 0.0750 e. The summed E-state index contributed by atoms with van der Waals surface area (Å²) >= 11 is 0. The van der Waals surface area contributed by atoms with Gasteiger partial charge in [-0.3, -0.25) is 0 Å². The van der Waals surface area contributed by atoms with Crippen molar-refractivity contribution in [2.24, 2.45) is 0 Å². The summed E-state index contributed by atoms with van der Waals surface area (Å²) in [5.41, 5.74) is 3.05. The van der Waals surface area contributed by atoms with Crippen LogP contribution in [0, 0.1) is 13.8 Å². The predicted molar refractivity (Wildman–Crippen MR) is 110 cm³/mol. The zero-order valence-electron chi connectivity index (χ0n) is 16.2. The Kier molecular flexibility index (Phi) is 11.7. The lowest BCUT2D eigenvalue weighted by atomic mass is 10.1. The van der Waals surface area contributed by atoms with Crippen LogP contribution in [0.2, 0.25) is 0 Å². The SMILES string of the molecule is CCCCCCCP(CCCCCCC)c1cccc(C)c1C. The highest BCUT2D eigenvalue weighted by Gasteiger charge is 2.13. The van der Waals surface area contributed by atoms with Gasteiger partial charge in [-0.2, -0.15) is 0 Å². The van der Waals surface area contributed by atoms with E-state index in [-0.39, 0.29) is 7.92 Å². The molecule has 0 radical (unpaired) electrons. The van der Waals surface area contributed by atoms with Crippen molar-refractivity contribution in [1.82, 2.24) is 0 Å². The molecule has 132 valence electrons. The maximum Gasteiger partial charge on any atom is -0.0209 e. The van der Waals surface area contributed by atoms with Gasteiger partial charge in [-0.1, -0.05) is 91.3 Å². The van der Waals surface area contributed by atoms with E-state index in [2.05, 4.69) is 45.9 Å². The van der Waals surface area contributed by atoms with Crippen molar-refractivity contribution in [3.05, 3.63) is 29.3 Å². The van der Waals surface area contributed by atoms with Crippen LogP contribution in [0.15, 0.2) is 18.2 Å². The van der Waals surface area contributed by atoms with Crippen LogP contribution in [0.4, 0.5) is 0 Å². The van der Waals surface area contributed by atoms with Gasteiger partial charge in [-0.05, 0) is 55.4 Å². The van der Waals surface area contributed by atoms with E-state index in [1.165, 1.54) is 82.1 Å². The van der Waals surface area contributed by atoms with E-state index in [1.54, 1.807) is 10.9 Å². The summed E-state index contributed by atoms with van der Waals surface area (Å²) in [4.78, 5) is 0. The molecule has 0 bridgehead atoms. The average Bonchev–Trinajstić information content (AvgIpc) is 2.55. The van der Waals surface area contributed by atoms with Crippen molar-refractivity contribution in [3.8, 4) is 0 Å². The Bertz CT molecular complexity index is 396. The Labute approximate surface area is 147 Å². The molecule has 0 aromatic heterocycles. The van der Waals surface area contributed by atoms with E-state index < -0.39 is 0 Å². The van der Waals surface area contributed by atoms with Gasteiger partial charge in [0.15, 0.2) is 0 Å². The summed E-state index contributed by atoms with van der Waals surface area (Å²) in [7, 11) is 0.0654. The highest BCUT2D eigenvalue weighted by molar-refractivity contribution is 7.65. The Morgan fingerprint density at radius 1 is 0.696 bits per heavy atom. The molecular weight excluding hydrogens is 295 g/mol. The topological polar surface area (TPSA) is 0 Å². The highest BCUT2D eigenvalue weighted by atomic mass is 31.1. The third-order valence-corrected chi connectivity index (χ3v) is 7.86. The van der Waals surface area contributed by atoms with Gasteiger partial charge in [-0.15, -0.1) is 0 Å². The van der Waals surface area contributed by atoms with E-state index in [4.69, 9.17) is 0 Å². The summed E-state index contributed by atoms with van der Waals surface area (Å²) in [6, 6.07) is 6.97. The molecule has 0 saturated heterocycles. The van der Waals surface area contributed by atoms with Crippen molar-refractivity contribution in [2.45, 2.75) is 91.9 Å². The predicted octanol–water partition coefficient (Wildman–Crippen LogP) is 7.35. The van der Waals surface area contributed by atoms with Crippen LogP contribution in [-0.4, -0.2) is 12.3 Å². The van der Waals surface area contributed by atoms with Crippen LogP contribution in [0.25, 0.3) is 0 Å². The van der Waals surface area contributed by atoms with Gasteiger partial charge in [0.1, 0.15) is 0 Å². The number of aryl methyl sites for hydroxylation is 1. The monoisotopic (exact) mass is 334 g/mol. The summed E-state index contributed by atoms with van der Waals surface area (Å²) < 4.78 is 0. The second-order valence-electron chi connectivity index (χ2n) is 7.03. The molecule has 0 heterocycles. The number of hydrogen-bond donors (Lipinski definition) is 0. The molecule has 0 aliphatic rings. The molecule has 0 N–H and O–H groups in total. The smallest absolute Gasteiger partial charge is 0.0209 e. The van der Waals surface area contributed by atoms with Crippen LogP contribution in [0.3, 0.4) is 0 Å². The van der Waals surface area contributed by atoms with Crippen molar-refractivity contribution in [3.63, 3.8) is 0 Å². The Hall–Kier alpha value is -0.350. The minimum atomic E-state index is 0.0654. The second-order valence-corrected chi connectivity index (χ2v) is 9.49. The molecule has 0 aliphatic heterocycles. The minimum Gasteiger partial charge on any atom is -0.0750 e. The maximum atomic E-state index is 2.42. The third-order valence-electron chi connectivity index (χ3n) is 4.98. The van der Waals surface area contributed by atoms with E-state index in [0.29, 0.717) is 0 Å². The first kappa shape index (κ1) is 20.7. The number of rotatable bonds is 13. The maximum absolute atomic E-state index is 2.42. The fourth-order valence-electron chi connectivity index (χ4n) is 3.24. The second kappa shape index (κ2) is 13.0. The molecule has 0 unspecified atom stereocenters. The van der Waals surface area contributed by atoms with E-state index >= 15 is 0 Å². The van der Waals surface area contributed by atoms with Gasteiger partial charge in [0.2, 0.25) is 0 Å². The molecule has 23 heavy (non-hydrogen) atoms. The van der Waals surface area contributed by atoms with Crippen LogP contribution in [0.5, 0.6) is 0 Å². The summed E-state index contributed by atoms with van der Waals surface area (Å²) in [6.45, 7) is 9.22. The zero-order valence-corrected chi connectivity index (χ0v) is 17.1. The normalized spacial score (nSPS) is 11.3. The average molecular weight is 335 g/mol. The van der Waals surface area contributed by atoms with Crippen molar-refractivity contribution >= 4 is 13.2 Å².